The molecule has 1 N–H and O–H groups in total. The van der Waals surface area contributed by atoms with Crippen LogP contribution >= 0.6 is 0 Å². The minimum absolute atomic E-state index is 0.0952. The van der Waals surface area contributed by atoms with Crippen LogP contribution in [0.2, 0.25) is 0 Å². The van der Waals surface area contributed by atoms with E-state index in [1.807, 2.05) is 13.8 Å². The molecule has 1 atom stereocenters. The molecule has 27 heavy (non-hydrogen) atoms. The van der Waals surface area contributed by atoms with Crippen LogP contribution in [0.15, 0.2) is 36.5 Å². The lowest BCUT2D eigenvalue weighted by Crippen LogP contribution is -2.30. The topological polar surface area (TPSA) is 91.7 Å². The van der Waals surface area contributed by atoms with Gasteiger partial charge in [-0.15, -0.1) is 0 Å². The fourth-order valence-electron chi connectivity index (χ4n) is 2.50. The molecule has 1 aromatic heterocycles. The van der Waals surface area contributed by atoms with Crippen LogP contribution in [-0.4, -0.2) is 34.6 Å². The molecule has 0 saturated heterocycles. The first-order valence-electron chi connectivity index (χ1n) is 8.57. The number of aromatic nitrogens is 2. The summed E-state index contributed by atoms with van der Waals surface area (Å²) in [6, 6.07) is 7.10. The predicted molar refractivity (Wildman–Crippen MR) is 98.4 cm³/mol. The second kappa shape index (κ2) is 7.94. The van der Waals surface area contributed by atoms with E-state index >= 15 is 0 Å². The van der Waals surface area contributed by atoms with Crippen LogP contribution < -0.4 is 14.8 Å². The van der Waals surface area contributed by atoms with Crippen LogP contribution in [0, 0.1) is 0 Å². The van der Waals surface area contributed by atoms with Crippen LogP contribution in [-0.2, 0) is 14.3 Å². The maximum Gasteiger partial charge on any atom is 0.331 e. The minimum Gasteiger partial charge on any atom is -0.454 e. The molecule has 1 aliphatic rings. The number of benzene rings is 1. The molecule has 0 aliphatic carbocycles. The van der Waals surface area contributed by atoms with E-state index in [0.29, 0.717) is 17.3 Å². The molecule has 0 spiro atoms. The molecule has 0 fully saturated rings. The van der Waals surface area contributed by atoms with Crippen molar-refractivity contribution in [1.82, 2.24) is 9.78 Å². The Morgan fingerprint density at radius 1 is 1.22 bits per heavy atom. The smallest absolute Gasteiger partial charge is 0.331 e. The van der Waals surface area contributed by atoms with E-state index in [2.05, 4.69) is 10.4 Å². The minimum atomic E-state index is -0.950. The molecule has 0 bridgehead atoms. The van der Waals surface area contributed by atoms with Crippen LogP contribution in [0.5, 0.6) is 11.5 Å². The third-order valence-electron chi connectivity index (χ3n) is 3.88. The van der Waals surface area contributed by atoms with E-state index in [1.165, 1.54) is 13.0 Å². The number of amides is 1. The van der Waals surface area contributed by atoms with Crippen molar-refractivity contribution in [3.63, 3.8) is 0 Å². The van der Waals surface area contributed by atoms with Gasteiger partial charge in [0.2, 0.25) is 6.79 Å². The molecule has 2 aromatic rings. The second-order valence-corrected chi connectivity index (χ2v) is 6.27. The van der Waals surface area contributed by atoms with Gasteiger partial charge in [0.1, 0.15) is 5.82 Å². The molecule has 8 nitrogen and oxygen atoms in total. The number of hydrogen-bond donors (Lipinski definition) is 1. The third-order valence-corrected chi connectivity index (χ3v) is 3.88. The Morgan fingerprint density at radius 3 is 2.78 bits per heavy atom. The fraction of sp³-hybridized carbons (Fsp3) is 0.316. The largest absolute Gasteiger partial charge is 0.454 e. The standard InChI is InChI=1S/C19H21N3O5/c1-12(2)22-17(8-9-20-22)21-19(24)13(3)27-18(23)7-5-14-4-6-15-16(10-14)26-11-25-15/h4-10,12-13H,11H2,1-3H3,(H,21,24)/b7-5+/t13-/m1/s1. The lowest BCUT2D eigenvalue weighted by atomic mass is 10.2. The lowest BCUT2D eigenvalue weighted by molar-refractivity contribution is -0.148. The van der Waals surface area contributed by atoms with E-state index in [9.17, 15) is 9.59 Å². The fourth-order valence-corrected chi connectivity index (χ4v) is 2.50. The van der Waals surface area contributed by atoms with Crippen molar-refractivity contribution in [2.45, 2.75) is 32.9 Å². The second-order valence-electron chi connectivity index (χ2n) is 6.27. The Bertz CT molecular complexity index is 872. The summed E-state index contributed by atoms with van der Waals surface area (Å²) in [5, 5.41) is 6.85. The number of ether oxygens (including phenoxy) is 3. The van der Waals surface area contributed by atoms with Crippen LogP contribution in [0.4, 0.5) is 5.82 Å². The van der Waals surface area contributed by atoms with Gasteiger partial charge in [0, 0.05) is 18.2 Å². The van der Waals surface area contributed by atoms with Crippen molar-refractivity contribution in [3.05, 3.63) is 42.1 Å². The molecule has 0 radical (unpaired) electrons. The van der Waals surface area contributed by atoms with E-state index in [-0.39, 0.29) is 12.8 Å². The Kier molecular flexibility index (Phi) is 5.44. The number of nitrogens with zero attached hydrogens (tertiary/aromatic N) is 2. The van der Waals surface area contributed by atoms with Gasteiger partial charge in [-0.2, -0.15) is 5.10 Å². The molecule has 2 heterocycles. The van der Waals surface area contributed by atoms with Crippen molar-refractivity contribution < 1.29 is 23.8 Å². The van der Waals surface area contributed by atoms with Gasteiger partial charge in [-0.05, 0) is 44.5 Å². The van der Waals surface area contributed by atoms with Crippen molar-refractivity contribution in [2.24, 2.45) is 0 Å². The molecule has 0 unspecified atom stereocenters. The Balaban J connectivity index is 1.55. The average Bonchev–Trinajstić information content (AvgIpc) is 3.28. The highest BCUT2D eigenvalue weighted by molar-refractivity contribution is 5.96. The Labute approximate surface area is 156 Å². The van der Waals surface area contributed by atoms with E-state index in [0.717, 1.165) is 5.56 Å². The summed E-state index contributed by atoms with van der Waals surface area (Å²) in [6.07, 6.45) is 3.50. The van der Waals surface area contributed by atoms with Crippen LogP contribution in [0.3, 0.4) is 0 Å². The van der Waals surface area contributed by atoms with Crippen molar-refractivity contribution in [1.29, 1.82) is 0 Å². The highest BCUT2D eigenvalue weighted by atomic mass is 16.7. The summed E-state index contributed by atoms with van der Waals surface area (Å²) in [7, 11) is 0. The van der Waals surface area contributed by atoms with Gasteiger partial charge in [-0.3, -0.25) is 4.79 Å². The number of nitrogens with one attached hydrogen (secondary N) is 1. The lowest BCUT2D eigenvalue weighted by Gasteiger charge is -2.15. The first kappa shape index (κ1) is 18.5. The predicted octanol–water partition coefficient (Wildman–Crippen LogP) is 2.78. The Hall–Kier alpha value is -3.29. The monoisotopic (exact) mass is 371 g/mol. The van der Waals surface area contributed by atoms with Gasteiger partial charge in [-0.1, -0.05) is 6.07 Å². The van der Waals surface area contributed by atoms with Crippen LogP contribution in [0.25, 0.3) is 6.08 Å². The first-order valence-corrected chi connectivity index (χ1v) is 8.57. The van der Waals surface area contributed by atoms with Gasteiger partial charge >= 0.3 is 5.97 Å². The zero-order valence-electron chi connectivity index (χ0n) is 15.3. The highest BCUT2D eigenvalue weighted by Gasteiger charge is 2.19. The first-order chi connectivity index (χ1) is 12.9. The van der Waals surface area contributed by atoms with Gasteiger partial charge in [-0.25, -0.2) is 9.48 Å². The molecule has 8 heteroatoms. The van der Waals surface area contributed by atoms with Gasteiger partial charge in [0.15, 0.2) is 17.6 Å². The highest BCUT2D eigenvalue weighted by Crippen LogP contribution is 2.32. The normalized spacial score (nSPS) is 13.8. The van der Waals surface area contributed by atoms with E-state index in [1.54, 1.807) is 41.2 Å². The molecular formula is C19H21N3O5. The molecule has 142 valence electrons. The molecule has 0 saturated carbocycles. The van der Waals surface area contributed by atoms with Gasteiger partial charge < -0.3 is 19.5 Å². The number of fused-ring (bicyclic) bond motifs is 1. The van der Waals surface area contributed by atoms with Crippen molar-refractivity contribution >= 4 is 23.8 Å². The number of carbonyl (C=O) groups excluding carboxylic acids is 2. The zero-order valence-corrected chi connectivity index (χ0v) is 15.3. The number of esters is 1. The summed E-state index contributed by atoms with van der Waals surface area (Å²) < 4.78 is 17.3. The quantitative estimate of drug-likeness (QED) is 0.620. The molecule has 1 aliphatic heterocycles. The third kappa shape index (κ3) is 4.46. The summed E-state index contributed by atoms with van der Waals surface area (Å²) in [5.41, 5.74) is 0.758. The van der Waals surface area contributed by atoms with Crippen LogP contribution in [0.1, 0.15) is 32.4 Å². The van der Waals surface area contributed by atoms with Gasteiger partial charge in [0.05, 0.1) is 6.20 Å². The summed E-state index contributed by atoms with van der Waals surface area (Å²) >= 11 is 0. The summed E-state index contributed by atoms with van der Waals surface area (Å²) in [4.78, 5) is 24.2. The summed E-state index contributed by atoms with van der Waals surface area (Å²) in [5.74, 6) is 0.796. The van der Waals surface area contributed by atoms with Crippen molar-refractivity contribution in [2.75, 3.05) is 12.1 Å². The van der Waals surface area contributed by atoms with E-state index in [4.69, 9.17) is 14.2 Å². The zero-order chi connectivity index (χ0) is 19.4. The molecule has 1 aromatic carbocycles. The number of rotatable bonds is 6. The number of hydrogen-bond acceptors (Lipinski definition) is 6. The Morgan fingerprint density at radius 2 is 2.00 bits per heavy atom. The SMILES string of the molecule is CC(C)n1nccc1NC(=O)[C@@H](C)OC(=O)/C=C/c1ccc2c(c1)OCO2. The number of carbonyl (C=O) groups is 2. The van der Waals surface area contributed by atoms with Gasteiger partial charge in [0.25, 0.3) is 5.91 Å². The van der Waals surface area contributed by atoms with E-state index < -0.39 is 18.0 Å². The van der Waals surface area contributed by atoms with Crippen molar-refractivity contribution in [3.8, 4) is 11.5 Å². The molecule has 1 amide bonds. The average molecular weight is 371 g/mol. The summed E-state index contributed by atoms with van der Waals surface area (Å²) in [6.45, 7) is 5.60. The molecular weight excluding hydrogens is 350 g/mol. The maximum atomic E-state index is 12.2. The maximum absolute atomic E-state index is 12.2. The molecule has 3 rings (SSSR count). The number of anilines is 1.